The topological polar surface area (TPSA) is 46.4 Å². The summed E-state index contributed by atoms with van der Waals surface area (Å²) in [5.74, 6) is -3.06. The normalized spacial score (nSPS) is 30.5. The van der Waals surface area contributed by atoms with Crippen molar-refractivity contribution >= 4 is 34.8 Å². The third-order valence-corrected chi connectivity index (χ3v) is 6.82. The predicted octanol–water partition coefficient (Wildman–Crippen LogP) is 4.08. The molecule has 0 aromatic carbocycles. The van der Waals surface area contributed by atoms with Crippen LogP contribution in [0.3, 0.4) is 0 Å². The first-order valence-electron chi connectivity index (χ1n) is 8.28. The minimum absolute atomic E-state index is 0.176. The first-order valence-corrected chi connectivity index (χ1v) is 9.03. The van der Waals surface area contributed by atoms with Gasteiger partial charge in [0, 0.05) is 29.1 Å². The molecule has 1 N–H and O–H groups in total. The lowest BCUT2D eigenvalue weighted by molar-refractivity contribution is -0.132. The van der Waals surface area contributed by atoms with Crippen molar-refractivity contribution in [1.29, 1.82) is 0 Å². The van der Waals surface area contributed by atoms with Gasteiger partial charge in [0.1, 0.15) is 0 Å². The van der Waals surface area contributed by atoms with Crippen LogP contribution in [0.1, 0.15) is 31.4 Å². The van der Waals surface area contributed by atoms with Crippen molar-refractivity contribution in [3.63, 3.8) is 0 Å². The Kier molecular flexibility index (Phi) is 2.95. The second-order valence-electron chi connectivity index (χ2n) is 7.53. The molecule has 3 saturated carbocycles. The summed E-state index contributed by atoms with van der Waals surface area (Å²) in [7, 11) is 0. The highest BCUT2D eigenvalue weighted by atomic mass is 35.5. The summed E-state index contributed by atoms with van der Waals surface area (Å²) in [5.41, 5.74) is -0.433. The zero-order valence-corrected chi connectivity index (χ0v) is 14.7. The number of nitrogens with one attached hydrogen (secondary N) is 1. The van der Waals surface area contributed by atoms with E-state index in [4.69, 9.17) is 23.2 Å². The predicted molar refractivity (Wildman–Crippen MR) is 88.8 cm³/mol. The maximum Gasteiger partial charge on any atom is 0.260 e. The summed E-state index contributed by atoms with van der Waals surface area (Å²) in [6, 6.07) is 1.60. The van der Waals surface area contributed by atoms with Crippen molar-refractivity contribution in [2.45, 2.75) is 38.2 Å². The Hall–Kier alpha value is -1.40. The van der Waals surface area contributed by atoms with E-state index in [1.165, 1.54) is 0 Å². The highest BCUT2D eigenvalue weighted by molar-refractivity contribution is 6.36. The molecule has 0 atom stereocenters. The van der Waals surface area contributed by atoms with Crippen LogP contribution in [0.25, 0.3) is 5.65 Å². The number of nitrogens with zero attached hydrogens (tertiary/aromatic N) is 2. The Morgan fingerprint density at radius 1 is 1.28 bits per heavy atom. The maximum atomic E-state index is 14.0. The van der Waals surface area contributed by atoms with Gasteiger partial charge in [0.25, 0.3) is 5.92 Å². The van der Waals surface area contributed by atoms with E-state index in [0.29, 0.717) is 47.1 Å². The van der Waals surface area contributed by atoms with Crippen LogP contribution >= 0.6 is 23.2 Å². The van der Waals surface area contributed by atoms with Crippen LogP contribution in [0.4, 0.5) is 8.78 Å². The lowest BCUT2D eigenvalue weighted by Crippen LogP contribution is -2.42. The Morgan fingerprint density at radius 3 is 2.64 bits per heavy atom. The van der Waals surface area contributed by atoms with Gasteiger partial charge in [0.2, 0.25) is 5.91 Å². The number of halogens is 4. The Balaban J connectivity index is 1.23. The fourth-order valence-electron chi connectivity index (χ4n) is 4.76. The van der Waals surface area contributed by atoms with Crippen LogP contribution in [0.2, 0.25) is 10.0 Å². The minimum Gasteiger partial charge on any atom is -0.350 e. The summed E-state index contributed by atoms with van der Waals surface area (Å²) in [6.07, 6.45) is 5.25. The molecule has 3 aliphatic rings. The van der Waals surface area contributed by atoms with Gasteiger partial charge >= 0.3 is 0 Å². The Labute approximate surface area is 152 Å². The van der Waals surface area contributed by atoms with E-state index in [1.807, 2.05) is 0 Å². The number of hydrogen-bond acceptors (Lipinski definition) is 2. The van der Waals surface area contributed by atoms with Crippen LogP contribution in [0.5, 0.6) is 0 Å². The van der Waals surface area contributed by atoms with Crippen LogP contribution in [-0.2, 0) is 11.3 Å². The standard InChI is InChI=1S/C17H15Cl2F2N3O/c18-10-3-12(19)13-23-11(8-24(13)7-10)6-22-14(25)9-4-16(5-9)15(1-2-15)17(16,20)21/h3,7-9H,1-2,4-6H2,(H,22,25). The van der Waals surface area contributed by atoms with Crippen molar-refractivity contribution in [2.24, 2.45) is 16.7 Å². The van der Waals surface area contributed by atoms with Gasteiger partial charge in [0.15, 0.2) is 5.65 Å². The highest BCUT2D eigenvalue weighted by Gasteiger charge is 2.97. The molecule has 2 spiro atoms. The molecule has 2 aromatic rings. The van der Waals surface area contributed by atoms with Crippen molar-refractivity contribution in [3.8, 4) is 0 Å². The number of imidazole rings is 1. The zero-order chi connectivity index (χ0) is 17.6. The molecule has 0 saturated heterocycles. The summed E-state index contributed by atoms with van der Waals surface area (Å²) < 4.78 is 29.7. The van der Waals surface area contributed by atoms with E-state index in [9.17, 15) is 13.6 Å². The molecule has 4 nitrogen and oxygen atoms in total. The van der Waals surface area contributed by atoms with Gasteiger partial charge in [-0.2, -0.15) is 0 Å². The van der Waals surface area contributed by atoms with Gasteiger partial charge in [0.05, 0.1) is 22.3 Å². The molecule has 3 aliphatic carbocycles. The number of carbonyl (C=O) groups is 1. The smallest absolute Gasteiger partial charge is 0.260 e. The lowest BCUT2D eigenvalue weighted by atomic mass is 9.69. The summed E-state index contributed by atoms with van der Waals surface area (Å²) in [5, 5.41) is 3.72. The molecule has 3 fully saturated rings. The largest absolute Gasteiger partial charge is 0.350 e. The SMILES string of the molecule is O=C(NCc1cn2cc(Cl)cc(Cl)c2n1)C1CC2(C1)C(F)(F)C21CC1. The molecule has 0 bridgehead atoms. The minimum atomic E-state index is -2.56. The molecular weight excluding hydrogens is 371 g/mol. The Morgan fingerprint density at radius 2 is 2.00 bits per heavy atom. The van der Waals surface area contributed by atoms with Gasteiger partial charge in [-0.15, -0.1) is 0 Å². The summed E-state index contributed by atoms with van der Waals surface area (Å²) >= 11 is 12.0. The molecule has 1 amide bonds. The zero-order valence-electron chi connectivity index (χ0n) is 13.2. The van der Waals surface area contributed by atoms with Gasteiger partial charge < -0.3 is 9.72 Å². The van der Waals surface area contributed by atoms with Crippen molar-refractivity contribution in [2.75, 3.05) is 0 Å². The number of amides is 1. The third kappa shape index (κ3) is 1.87. The summed E-state index contributed by atoms with van der Waals surface area (Å²) in [6.45, 7) is 0.236. The van der Waals surface area contributed by atoms with Crippen molar-refractivity contribution in [1.82, 2.24) is 14.7 Å². The molecule has 8 heteroatoms. The quantitative estimate of drug-likeness (QED) is 0.864. The average Bonchev–Trinajstić information content (AvgIpc) is 3.29. The van der Waals surface area contributed by atoms with Crippen LogP contribution in [0.15, 0.2) is 18.5 Å². The number of carbonyl (C=O) groups excluding carboxylic acids is 1. The number of fused-ring (bicyclic) bond motifs is 2. The molecule has 0 radical (unpaired) electrons. The van der Waals surface area contributed by atoms with Gasteiger partial charge in [-0.3, -0.25) is 4.79 Å². The molecule has 132 valence electrons. The number of hydrogen-bond donors (Lipinski definition) is 1. The van der Waals surface area contributed by atoms with E-state index in [1.54, 1.807) is 22.9 Å². The van der Waals surface area contributed by atoms with Crippen LogP contribution in [0, 0.1) is 16.7 Å². The van der Waals surface area contributed by atoms with Crippen molar-refractivity contribution < 1.29 is 13.6 Å². The Bertz CT molecular complexity index is 910. The number of aromatic nitrogens is 2. The molecule has 0 unspecified atom stereocenters. The highest BCUT2D eigenvalue weighted by Crippen LogP contribution is 2.93. The van der Waals surface area contributed by atoms with Crippen molar-refractivity contribution in [3.05, 3.63) is 34.2 Å². The van der Waals surface area contributed by atoms with E-state index in [2.05, 4.69) is 10.3 Å². The van der Waals surface area contributed by atoms with E-state index in [-0.39, 0.29) is 18.4 Å². The fraction of sp³-hybridized carbons (Fsp3) is 0.529. The average molecular weight is 386 g/mol. The number of rotatable bonds is 3. The molecule has 2 aromatic heterocycles. The lowest BCUT2D eigenvalue weighted by Gasteiger charge is -2.35. The second-order valence-corrected chi connectivity index (χ2v) is 8.37. The fourth-order valence-corrected chi connectivity index (χ4v) is 5.28. The summed E-state index contributed by atoms with van der Waals surface area (Å²) in [4.78, 5) is 16.6. The number of pyridine rings is 1. The van der Waals surface area contributed by atoms with Crippen LogP contribution in [-0.4, -0.2) is 21.2 Å². The van der Waals surface area contributed by atoms with E-state index < -0.39 is 16.8 Å². The van der Waals surface area contributed by atoms with E-state index in [0.717, 1.165) is 0 Å². The van der Waals surface area contributed by atoms with Crippen LogP contribution < -0.4 is 5.32 Å². The van der Waals surface area contributed by atoms with Gasteiger partial charge in [-0.05, 0) is 31.7 Å². The molecular formula is C17H15Cl2F2N3O. The maximum absolute atomic E-state index is 14.0. The van der Waals surface area contributed by atoms with Gasteiger partial charge in [-0.1, -0.05) is 23.2 Å². The first-order chi connectivity index (χ1) is 11.8. The second kappa shape index (κ2) is 4.65. The van der Waals surface area contributed by atoms with E-state index >= 15 is 0 Å². The molecule has 5 rings (SSSR count). The molecule has 2 heterocycles. The third-order valence-electron chi connectivity index (χ3n) is 6.33. The monoisotopic (exact) mass is 385 g/mol. The number of alkyl halides is 2. The van der Waals surface area contributed by atoms with Gasteiger partial charge in [-0.25, -0.2) is 13.8 Å². The first kappa shape index (κ1) is 15.8. The molecule has 25 heavy (non-hydrogen) atoms. The molecule has 0 aliphatic heterocycles.